The third-order valence-corrected chi connectivity index (χ3v) is 8.60. The van der Waals surface area contributed by atoms with E-state index in [-0.39, 0.29) is 7.43 Å². The summed E-state index contributed by atoms with van der Waals surface area (Å²) < 4.78 is 141. The summed E-state index contributed by atoms with van der Waals surface area (Å²) in [6.45, 7) is 8.37. The zero-order valence-corrected chi connectivity index (χ0v) is 30.3. The maximum absolute atomic E-state index is 5.75. The molecule has 0 aliphatic carbocycles. The molecule has 2 nitrogen and oxygen atoms in total. The van der Waals surface area contributed by atoms with Crippen molar-refractivity contribution in [2.24, 2.45) is 0 Å². The predicted molar refractivity (Wildman–Crippen MR) is 233 cm³/mol. The molecule has 45 heavy (non-hydrogen) atoms. The summed E-state index contributed by atoms with van der Waals surface area (Å²) in [6.07, 6.45) is 54.3. The molecule has 0 atom stereocenters. The van der Waals surface area contributed by atoms with Gasteiger partial charge < -0.3 is 9.47 Å². The van der Waals surface area contributed by atoms with Crippen molar-refractivity contribution < 1.29 is 48.1 Å². The van der Waals surface area contributed by atoms with Gasteiger partial charge in [-0.05, 0) is 96.3 Å². The van der Waals surface area contributed by atoms with Crippen LogP contribution in [0.1, 0.15) is 253 Å². The molecule has 0 aromatic rings. The molecule has 0 saturated heterocycles. The van der Waals surface area contributed by atoms with Crippen molar-refractivity contribution in [1.82, 2.24) is 0 Å². The average Bonchev–Trinajstić information content (AvgIpc) is 3.47. The highest BCUT2D eigenvalue weighted by Gasteiger charge is 1.95. The Hall–Kier alpha value is -0.860. The fourth-order valence-corrected chi connectivity index (χ4v) is 5.64. The molecule has 0 fully saturated rings. The second-order valence-electron chi connectivity index (χ2n) is 13.1. The molecule has 0 bridgehead atoms. The fourth-order valence-electron chi connectivity index (χ4n) is 5.64. The molecule has 0 N–H and O–H groups in total. The molecule has 0 aromatic heterocycles. The van der Waals surface area contributed by atoms with E-state index in [0.29, 0.717) is 0 Å². The van der Waals surface area contributed by atoms with Crippen molar-refractivity contribution in [3.05, 3.63) is 36.5 Å². The standard InChI is InChI=1S/C27H52O.C15H28O.CH4.13H2/c1-3-5-7-9-11-12-13-14-15-16-17-18-19-21-23-25-27-28-26-24-22-20-10-8-6-4-2;1-2-4-6-8-10-12-14-16-15-13-11-9-7-5-3-1;;;;;;;;;;;;;;/h6,8,14-15H,3-5,7,9-13,16-27H2,1-2H3;2,4H,1,3,5-15H2;1H4;13*1H/b8-6-,15-14-;;;;;;;;;;;;;;;/i;;;13*1+1D. The number of rotatable bonds is 23. The Morgan fingerprint density at radius 1 is 0.511 bits per heavy atom. The first-order valence-corrected chi connectivity index (χ1v) is 20.0. The van der Waals surface area contributed by atoms with Gasteiger partial charge in [0.1, 0.15) is 0 Å². The van der Waals surface area contributed by atoms with E-state index in [0.717, 1.165) is 26.4 Å². The smallest absolute Gasteiger partial charge is 0.0466 e. The van der Waals surface area contributed by atoms with Crippen LogP contribution in [0.4, 0.5) is 0 Å². The van der Waals surface area contributed by atoms with E-state index < -0.39 is 0 Å². The Balaban J connectivity index is -0.0000000477. The molecule has 294 valence electrons. The number of hydrogen-bond donors (Lipinski definition) is 0. The molecule has 0 spiro atoms. The van der Waals surface area contributed by atoms with Crippen molar-refractivity contribution in [2.45, 2.75) is 214 Å². The summed E-state index contributed by atoms with van der Waals surface area (Å²) in [4.78, 5) is 0. The van der Waals surface area contributed by atoms with E-state index >= 15 is 0 Å². The molecule has 1 aliphatic heterocycles. The van der Waals surface area contributed by atoms with E-state index in [4.69, 9.17) is 48.1 Å². The molecule has 0 amide bonds. The van der Waals surface area contributed by atoms with Crippen LogP contribution in [0.25, 0.3) is 0 Å². The van der Waals surface area contributed by atoms with Gasteiger partial charge in [-0.1, -0.05) is 154 Å². The highest BCUT2D eigenvalue weighted by molar-refractivity contribution is 4.82. The fraction of sp³-hybridized carbons (Fsp3) is 0.860. The van der Waals surface area contributed by atoms with Crippen LogP contribution in [-0.4, -0.2) is 26.4 Å². The number of hydrogen-bond acceptors (Lipinski definition) is 2. The Labute approximate surface area is 325 Å². The van der Waals surface area contributed by atoms with Crippen molar-refractivity contribution in [2.75, 3.05) is 26.4 Å². The van der Waals surface area contributed by atoms with Crippen LogP contribution >= 0.6 is 0 Å². The summed E-state index contributed by atoms with van der Waals surface area (Å²) in [5.41, 5.74) is 0. The zero-order chi connectivity index (χ0) is 57.7. The van der Waals surface area contributed by atoms with Gasteiger partial charge >= 0.3 is 0 Å². The van der Waals surface area contributed by atoms with Crippen LogP contribution in [-0.2, 0) is 9.47 Å². The van der Waals surface area contributed by atoms with Crippen LogP contribution < -0.4 is 0 Å². The first kappa shape index (κ1) is 27.0. The van der Waals surface area contributed by atoms with Gasteiger partial charge in [-0.3, -0.25) is 0 Å². The Morgan fingerprint density at radius 2 is 0.911 bits per heavy atom. The lowest BCUT2D eigenvalue weighted by Gasteiger charge is -2.05. The Bertz CT molecular complexity index is 628. The van der Waals surface area contributed by atoms with Crippen molar-refractivity contribution >= 4 is 0 Å². The van der Waals surface area contributed by atoms with Crippen molar-refractivity contribution in [3.63, 3.8) is 0 Å². The minimum Gasteiger partial charge on any atom is -0.381 e. The number of unbranched alkanes of at least 4 members (excludes halogenated alkanes) is 15. The second kappa shape index (κ2) is 45.3. The Morgan fingerprint density at radius 3 is 1.44 bits per heavy atom. The molecule has 2 heteroatoms. The van der Waals surface area contributed by atoms with Crippen molar-refractivity contribution in [3.8, 4) is 0 Å². The van der Waals surface area contributed by atoms with E-state index in [9.17, 15) is 0 Å². The van der Waals surface area contributed by atoms with Crippen LogP contribution in [0.3, 0.4) is 0 Å². The van der Waals surface area contributed by atoms with Gasteiger partial charge in [0, 0.05) is 65.0 Å². The summed E-state index contributed by atoms with van der Waals surface area (Å²) in [5, 5.41) is 0. The van der Waals surface area contributed by atoms with E-state index in [1.54, 1.807) is 0 Å². The number of allylic oxidation sites excluding steroid dienone is 6. The molecule has 1 heterocycles. The van der Waals surface area contributed by atoms with Gasteiger partial charge in [-0.15, -0.1) is 0 Å². The van der Waals surface area contributed by atoms with Crippen LogP contribution in [0.2, 0.25) is 0 Å². The van der Waals surface area contributed by atoms with E-state index in [1.807, 2.05) is 0 Å². The minimum absolute atomic E-state index is 0. The van der Waals surface area contributed by atoms with Gasteiger partial charge in [-0.25, -0.2) is 0 Å². The van der Waals surface area contributed by atoms with Crippen molar-refractivity contribution in [1.29, 1.82) is 0 Å². The molecular weight excluding hydrogens is 548 g/mol. The van der Waals surface area contributed by atoms with Gasteiger partial charge in [0.25, 0.3) is 0 Å². The Kier molecular flexibility index (Phi) is 27.2. The summed E-state index contributed by atoms with van der Waals surface area (Å²) in [6, 6.07) is 0. The molecular formula is C43H110O2. The van der Waals surface area contributed by atoms with Gasteiger partial charge in [-0.2, -0.15) is 0 Å². The maximum atomic E-state index is 5.75. The maximum Gasteiger partial charge on any atom is 0.0466 e. The zero-order valence-electron chi connectivity index (χ0n) is 56.3. The highest BCUT2D eigenvalue weighted by atomic mass is 16.5. The highest BCUT2D eigenvalue weighted by Crippen LogP contribution is 2.11. The average molecular weight is 686 g/mol. The lowest BCUT2D eigenvalue weighted by atomic mass is 10.1. The van der Waals surface area contributed by atoms with Crippen LogP contribution in [0.5, 0.6) is 0 Å². The van der Waals surface area contributed by atoms with E-state index in [2.05, 4.69) is 50.3 Å². The first-order chi connectivity index (χ1) is 34.9. The van der Waals surface area contributed by atoms with Crippen LogP contribution in [0, 0.1) is 0 Å². The second-order valence-corrected chi connectivity index (χ2v) is 13.1. The normalized spacial score (nSPS) is 17.9. The summed E-state index contributed by atoms with van der Waals surface area (Å²) >= 11 is 0. The lowest BCUT2D eigenvalue weighted by Crippen LogP contribution is -1.97. The molecule has 0 unspecified atom stereocenters. The SMILES string of the molecule is C.C1=CCCCCCOCCCCCCCC1.CC/C=C\CCCCCOCCCCCCCC/C=C\CCCCCCCC.[2H][2H].[2H][2H].[2H][2H].[2H][2H].[2H][2H].[2H][2H].[2H][2H].[2H][2H].[2H][2H].[2H][2H].[2H][2H].[2H][2H].[2H][2H]. The lowest BCUT2D eigenvalue weighted by molar-refractivity contribution is 0.125. The van der Waals surface area contributed by atoms with Gasteiger partial charge in [0.2, 0.25) is 0 Å². The largest absolute Gasteiger partial charge is 0.381 e. The van der Waals surface area contributed by atoms with Crippen LogP contribution in [0.15, 0.2) is 36.5 Å². The monoisotopic (exact) mass is 685 g/mol. The number of ether oxygens (including phenoxy) is 2. The molecule has 0 aromatic carbocycles. The van der Waals surface area contributed by atoms with Gasteiger partial charge in [0.05, 0.1) is 0 Å². The van der Waals surface area contributed by atoms with E-state index in [1.165, 1.54) is 193 Å². The predicted octanol–water partition coefficient (Wildman–Crippen LogP) is 18.3. The quantitative estimate of drug-likeness (QED) is 0.0787. The third kappa shape index (κ3) is 45.3. The minimum atomic E-state index is 0. The third-order valence-electron chi connectivity index (χ3n) is 8.60. The summed E-state index contributed by atoms with van der Waals surface area (Å²) in [5.74, 6) is 0. The van der Waals surface area contributed by atoms with Gasteiger partial charge in [0.15, 0.2) is 0 Å². The first-order valence-electron chi connectivity index (χ1n) is 33.0. The molecule has 1 aliphatic rings. The molecule has 0 radical (unpaired) electrons. The molecule has 0 saturated carbocycles. The topological polar surface area (TPSA) is 18.5 Å². The summed E-state index contributed by atoms with van der Waals surface area (Å²) in [7, 11) is 0. The molecule has 1 rings (SSSR count).